The van der Waals surface area contributed by atoms with E-state index in [4.69, 9.17) is 0 Å². The van der Waals surface area contributed by atoms with Gasteiger partial charge in [0.05, 0.1) is 6.10 Å². The molecular weight excluding hydrogens is 202 g/mol. The maximum Gasteiger partial charge on any atom is 0.225 e. The molecule has 2 rings (SSSR count). The van der Waals surface area contributed by atoms with E-state index < -0.39 is 0 Å². The van der Waals surface area contributed by atoms with E-state index in [0.717, 1.165) is 12.4 Å². The molecule has 0 aromatic carbocycles. The fourth-order valence-corrected chi connectivity index (χ4v) is 1.66. The topological polar surface area (TPSA) is 49.2 Å². The lowest BCUT2D eigenvalue weighted by Crippen LogP contribution is -2.51. The quantitative estimate of drug-likeness (QED) is 0.837. The van der Waals surface area contributed by atoms with Crippen molar-refractivity contribution in [2.45, 2.75) is 38.7 Å². The van der Waals surface area contributed by atoms with Crippen LogP contribution in [0.5, 0.6) is 0 Å². The summed E-state index contributed by atoms with van der Waals surface area (Å²) in [6.45, 7) is 7.85. The van der Waals surface area contributed by atoms with Crippen molar-refractivity contribution in [2.24, 2.45) is 0 Å². The lowest BCUT2D eigenvalue weighted by Gasteiger charge is -2.36. The fourth-order valence-electron chi connectivity index (χ4n) is 1.66. The number of aliphatic hydroxyl groups is 1. The minimum atomic E-state index is -0.213. The van der Waals surface area contributed by atoms with E-state index in [2.05, 4.69) is 30.7 Å². The molecule has 0 bridgehead atoms. The van der Waals surface area contributed by atoms with Gasteiger partial charge in [-0.25, -0.2) is 9.97 Å². The van der Waals surface area contributed by atoms with E-state index in [0.29, 0.717) is 13.1 Å². The van der Waals surface area contributed by atoms with Crippen molar-refractivity contribution in [1.29, 1.82) is 0 Å². The Hall–Kier alpha value is -1.16. The molecule has 1 N–H and O–H groups in total. The monoisotopic (exact) mass is 221 g/mol. The van der Waals surface area contributed by atoms with Crippen molar-refractivity contribution >= 4 is 5.95 Å². The first-order chi connectivity index (χ1) is 7.53. The van der Waals surface area contributed by atoms with Gasteiger partial charge < -0.3 is 10.0 Å². The lowest BCUT2D eigenvalue weighted by atomic mass is 9.84. The molecule has 2 heterocycles. The summed E-state index contributed by atoms with van der Waals surface area (Å²) in [6.07, 6.45) is 4.65. The van der Waals surface area contributed by atoms with Crippen LogP contribution in [0.15, 0.2) is 12.4 Å². The van der Waals surface area contributed by atoms with Crippen LogP contribution in [0.4, 0.5) is 5.95 Å². The molecule has 88 valence electrons. The number of hydrogen-bond donors (Lipinski definition) is 1. The molecular formula is C12H19N3O. The predicted molar refractivity (Wildman–Crippen MR) is 63.6 cm³/mol. The molecule has 1 aromatic heterocycles. The first-order valence-corrected chi connectivity index (χ1v) is 5.78. The van der Waals surface area contributed by atoms with Crippen LogP contribution in [0.25, 0.3) is 0 Å². The Morgan fingerprint density at radius 1 is 1.38 bits per heavy atom. The van der Waals surface area contributed by atoms with E-state index in [1.165, 1.54) is 5.56 Å². The number of β-amino-alcohol motifs (C(OH)–C–C–N with tert-alkyl or cyclic N) is 1. The van der Waals surface area contributed by atoms with Crippen LogP contribution in [0, 0.1) is 0 Å². The van der Waals surface area contributed by atoms with Crippen molar-refractivity contribution < 1.29 is 5.11 Å². The highest BCUT2D eigenvalue weighted by Gasteiger charge is 2.27. The molecule has 0 unspecified atom stereocenters. The zero-order valence-electron chi connectivity index (χ0n) is 10.1. The predicted octanol–water partition coefficient (Wildman–Crippen LogP) is 1.35. The summed E-state index contributed by atoms with van der Waals surface area (Å²) in [7, 11) is 0. The second-order valence-corrected chi connectivity index (χ2v) is 5.07. The van der Waals surface area contributed by atoms with E-state index in [1.54, 1.807) is 0 Å². The SMILES string of the molecule is CCC(C)(C)c1cnc(N2CC(O)C2)nc1. The average Bonchev–Trinajstić information content (AvgIpc) is 2.25. The Balaban J connectivity index is 2.11. The maximum atomic E-state index is 9.20. The summed E-state index contributed by atoms with van der Waals surface area (Å²) >= 11 is 0. The Morgan fingerprint density at radius 2 is 1.94 bits per heavy atom. The molecule has 1 saturated heterocycles. The van der Waals surface area contributed by atoms with E-state index >= 15 is 0 Å². The molecule has 1 aliphatic rings. The van der Waals surface area contributed by atoms with E-state index in [1.807, 2.05) is 17.3 Å². The highest BCUT2D eigenvalue weighted by molar-refractivity contribution is 5.35. The third-order valence-electron chi connectivity index (χ3n) is 3.45. The molecule has 0 atom stereocenters. The number of aromatic nitrogens is 2. The Morgan fingerprint density at radius 3 is 2.38 bits per heavy atom. The van der Waals surface area contributed by atoms with Gasteiger partial charge in [-0.1, -0.05) is 20.8 Å². The molecule has 0 spiro atoms. The van der Waals surface area contributed by atoms with Gasteiger partial charge >= 0.3 is 0 Å². The Kier molecular flexibility index (Phi) is 2.84. The second kappa shape index (κ2) is 4.01. The van der Waals surface area contributed by atoms with Gasteiger partial charge in [0.2, 0.25) is 5.95 Å². The number of rotatable bonds is 3. The van der Waals surface area contributed by atoms with Gasteiger partial charge in [-0.2, -0.15) is 0 Å². The Labute approximate surface area is 96.3 Å². The minimum absolute atomic E-state index is 0.132. The molecule has 0 radical (unpaired) electrons. The summed E-state index contributed by atoms with van der Waals surface area (Å²) < 4.78 is 0. The first-order valence-electron chi connectivity index (χ1n) is 5.78. The summed E-state index contributed by atoms with van der Waals surface area (Å²) in [4.78, 5) is 10.7. The van der Waals surface area contributed by atoms with E-state index in [-0.39, 0.29) is 11.5 Å². The van der Waals surface area contributed by atoms with Gasteiger partial charge in [0, 0.05) is 25.5 Å². The van der Waals surface area contributed by atoms with Crippen LogP contribution in [-0.4, -0.2) is 34.3 Å². The summed E-state index contributed by atoms with van der Waals surface area (Å²) in [5, 5.41) is 9.20. The molecule has 0 amide bonds. The third-order valence-corrected chi connectivity index (χ3v) is 3.45. The van der Waals surface area contributed by atoms with Crippen molar-refractivity contribution in [3.05, 3.63) is 18.0 Å². The van der Waals surface area contributed by atoms with Crippen LogP contribution in [0.3, 0.4) is 0 Å². The normalized spacial score (nSPS) is 17.4. The van der Waals surface area contributed by atoms with Gasteiger partial charge in [0.15, 0.2) is 0 Å². The molecule has 4 nitrogen and oxygen atoms in total. The molecule has 1 aliphatic heterocycles. The second-order valence-electron chi connectivity index (χ2n) is 5.07. The molecule has 4 heteroatoms. The number of anilines is 1. The van der Waals surface area contributed by atoms with E-state index in [9.17, 15) is 5.11 Å². The van der Waals surface area contributed by atoms with Gasteiger partial charge in [0.1, 0.15) is 0 Å². The smallest absolute Gasteiger partial charge is 0.225 e. The number of aliphatic hydroxyl groups excluding tert-OH is 1. The molecule has 1 fully saturated rings. The minimum Gasteiger partial charge on any atom is -0.389 e. The zero-order valence-corrected chi connectivity index (χ0v) is 10.1. The zero-order chi connectivity index (χ0) is 11.8. The largest absolute Gasteiger partial charge is 0.389 e. The third kappa shape index (κ3) is 2.02. The first kappa shape index (κ1) is 11.3. The molecule has 0 saturated carbocycles. The van der Waals surface area contributed by atoms with Crippen LogP contribution >= 0.6 is 0 Å². The summed E-state index contributed by atoms with van der Waals surface area (Å²) in [5.41, 5.74) is 1.30. The summed E-state index contributed by atoms with van der Waals surface area (Å²) in [5.74, 6) is 0.723. The van der Waals surface area contributed by atoms with Crippen molar-refractivity contribution in [3.8, 4) is 0 Å². The lowest BCUT2D eigenvalue weighted by molar-refractivity contribution is 0.140. The summed E-state index contributed by atoms with van der Waals surface area (Å²) in [6, 6.07) is 0. The van der Waals surface area contributed by atoms with Gasteiger partial charge in [-0.15, -0.1) is 0 Å². The maximum absolute atomic E-state index is 9.20. The van der Waals surface area contributed by atoms with Crippen molar-refractivity contribution in [3.63, 3.8) is 0 Å². The highest BCUT2D eigenvalue weighted by atomic mass is 16.3. The van der Waals surface area contributed by atoms with Crippen LogP contribution in [0.1, 0.15) is 32.8 Å². The standard InChI is InChI=1S/C12H19N3O/c1-4-12(2,3)9-5-13-11(14-6-9)15-7-10(16)8-15/h5-6,10,16H,4,7-8H2,1-3H3. The van der Waals surface area contributed by atoms with Gasteiger partial charge in [0.25, 0.3) is 0 Å². The van der Waals surface area contributed by atoms with Crippen molar-refractivity contribution in [1.82, 2.24) is 9.97 Å². The van der Waals surface area contributed by atoms with Gasteiger partial charge in [-0.05, 0) is 17.4 Å². The number of hydrogen-bond acceptors (Lipinski definition) is 4. The van der Waals surface area contributed by atoms with Gasteiger partial charge in [-0.3, -0.25) is 0 Å². The molecule has 1 aromatic rings. The Bertz CT molecular complexity index is 355. The van der Waals surface area contributed by atoms with Crippen LogP contribution in [-0.2, 0) is 5.41 Å². The highest BCUT2D eigenvalue weighted by Crippen LogP contribution is 2.26. The van der Waals surface area contributed by atoms with Crippen LogP contribution < -0.4 is 4.90 Å². The molecule has 0 aliphatic carbocycles. The number of nitrogens with zero attached hydrogens (tertiary/aromatic N) is 3. The van der Waals surface area contributed by atoms with Crippen LogP contribution in [0.2, 0.25) is 0 Å². The molecule has 16 heavy (non-hydrogen) atoms. The van der Waals surface area contributed by atoms with Crippen molar-refractivity contribution in [2.75, 3.05) is 18.0 Å². The average molecular weight is 221 g/mol. The fraction of sp³-hybridized carbons (Fsp3) is 0.667.